The molecule has 114 valence electrons. The van der Waals surface area contributed by atoms with Gasteiger partial charge in [-0.05, 0) is 49.8 Å². The zero-order chi connectivity index (χ0) is 15.6. The monoisotopic (exact) mass is 289 g/mol. The van der Waals surface area contributed by atoms with E-state index in [0.717, 1.165) is 31.2 Å². The Bertz CT molecular complexity index is 559. The van der Waals surface area contributed by atoms with Crippen LogP contribution in [0.5, 0.6) is 0 Å². The smallest absolute Gasteiger partial charge is 0.335 e. The van der Waals surface area contributed by atoms with Gasteiger partial charge in [0.25, 0.3) is 0 Å². The van der Waals surface area contributed by atoms with Gasteiger partial charge in [0.05, 0.1) is 5.56 Å². The van der Waals surface area contributed by atoms with Crippen LogP contribution in [0.2, 0.25) is 0 Å². The van der Waals surface area contributed by atoms with E-state index in [1.165, 1.54) is 6.07 Å². The van der Waals surface area contributed by atoms with Crippen LogP contribution in [0.4, 0.5) is 5.69 Å². The van der Waals surface area contributed by atoms with Gasteiger partial charge in [-0.25, -0.2) is 4.79 Å². The Kier molecular flexibility index (Phi) is 4.35. The van der Waals surface area contributed by atoms with Gasteiger partial charge in [-0.1, -0.05) is 26.3 Å². The van der Waals surface area contributed by atoms with E-state index >= 15 is 0 Å². The fourth-order valence-electron chi connectivity index (χ4n) is 3.05. The highest BCUT2D eigenvalue weighted by Gasteiger charge is 2.44. The fraction of sp³-hybridized carbons (Fsp3) is 0.529. The summed E-state index contributed by atoms with van der Waals surface area (Å²) in [5.41, 5.74) is 1.42. The summed E-state index contributed by atoms with van der Waals surface area (Å²) in [7, 11) is 0. The normalized spacial score (nSPS) is 16.4. The summed E-state index contributed by atoms with van der Waals surface area (Å²) in [4.78, 5) is 23.7. The van der Waals surface area contributed by atoms with Gasteiger partial charge in [0.15, 0.2) is 0 Å². The van der Waals surface area contributed by atoms with Gasteiger partial charge < -0.3 is 10.4 Å². The Morgan fingerprint density at radius 2 is 2.00 bits per heavy atom. The SMILES string of the molecule is Cc1ccc(C(=O)O)cc1NC(=O)C1(CC(C)C)CCC1. The van der Waals surface area contributed by atoms with E-state index in [1.54, 1.807) is 12.1 Å². The van der Waals surface area contributed by atoms with Crippen LogP contribution < -0.4 is 5.32 Å². The Morgan fingerprint density at radius 1 is 1.33 bits per heavy atom. The molecule has 1 saturated carbocycles. The molecule has 1 fully saturated rings. The molecule has 4 nitrogen and oxygen atoms in total. The molecular formula is C17H23NO3. The van der Waals surface area contributed by atoms with Crippen LogP contribution in [-0.4, -0.2) is 17.0 Å². The molecule has 0 saturated heterocycles. The number of anilines is 1. The van der Waals surface area contributed by atoms with Crippen molar-refractivity contribution in [2.45, 2.75) is 46.5 Å². The van der Waals surface area contributed by atoms with Gasteiger partial charge in [-0.2, -0.15) is 0 Å². The van der Waals surface area contributed by atoms with Crippen molar-refractivity contribution in [2.75, 3.05) is 5.32 Å². The lowest BCUT2D eigenvalue weighted by atomic mass is 9.64. The van der Waals surface area contributed by atoms with Crippen LogP contribution in [-0.2, 0) is 4.79 Å². The molecule has 1 amide bonds. The van der Waals surface area contributed by atoms with E-state index in [0.29, 0.717) is 11.6 Å². The van der Waals surface area contributed by atoms with Crippen molar-refractivity contribution in [3.8, 4) is 0 Å². The topological polar surface area (TPSA) is 66.4 Å². The quantitative estimate of drug-likeness (QED) is 0.865. The minimum Gasteiger partial charge on any atom is -0.478 e. The second-order valence-corrected chi connectivity index (χ2v) is 6.52. The first-order valence-corrected chi connectivity index (χ1v) is 7.49. The minimum absolute atomic E-state index is 0.0353. The maximum Gasteiger partial charge on any atom is 0.335 e. The molecule has 0 unspecified atom stereocenters. The third kappa shape index (κ3) is 3.26. The molecule has 1 aromatic rings. The van der Waals surface area contributed by atoms with Crippen molar-refractivity contribution in [1.29, 1.82) is 0 Å². The molecule has 0 radical (unpaired) electrons. The number of amides is 1. The van der Waals surface area contributed by atoms with E-state index in [4.69, 9.17) is 5.11 Å². The number of carbonyl (C=O) groups is 2. The van der Waals surface area contributed by atoms with Crippen molar-refractivity contribution in [3.05, 3.63) is 29.3 Å². The number of hydrogen-bond acceptors (Lipinski definition) is 2. The summed E-state index contributed by atoms with van der Waals surface area (Å²) in [6.45, 7) is 6.13. The highest BCUT2D eigenvalue weighted by Crippen LogP contribution is 2.46. The van der Waals surface area contributed by atoms with Gasteiger partial charge in [-0.15, -0.1) is 0 Å². The first kappa shape index (κ1) is 15.5. The number of carboxylic acid groups (broad SMARTS) is 1. The molecule has 0 spiro atoms. The molecule has 0 atom stereocenters. The number of carbonyl (C=O) groups excluding carboxylic acids is 1. The molecule has 0 aliphatic heterocycles. The molecule has 1 aliphatic carbocycles. The molecule has 1 aliphatic rings. The molecular weight excluding hydrogens is 266 g/mol. The number of carboxylic acids is 1. The Hall–Kier alpha value is -1.84. The van der Waals surface area contributed by atoms with Gasteiger partial charge in [-0.3, -0.25) is 4.79 Å². The highest BCUT2D eigenvalue weighted by molar-refractivity contribution is 5.98. The number of nitrogens with one attached hydrogen (secondary N) is 1. The number of aromatic carboxylic acids is 1. The lowest BCUT2D eigenvalue weighted by Gasteiger charge is -2.41. The van der Waals surface area contributed by atoms with Gasteiger partial charge >= 0.3 is 5.97 Å². The third-order valence-electron chi connectivity index (χ3n) is 4.32. The Balaban J connectivity index is 2.19. The van der Waals surface area contributed by atoms with Crippen LogP contribution in [0.3, 0.4) is 0 Å². The fourth-order valence-corrected chi connectivity index (χ4v) is 3.05. The summed E-state index contributed by atoms with van der Waals surface area (Å²) in [6, 6.07) is 4.83. The van der Waals surface area contributed by atoms with Gasteiger partial charge in [0, 0.05) is 11.1 Å². The van der Waals surface area contributed by atoms with Crippen molar-refractivity contribution in [1.82, 2.24) is 0 Å². The average Bonchev–Trinajstić information content (AvgIpc) is 2.35. The zero-order valence-electron chi connectivity index (χ0n) is 12.9. The highest BCUT2D eigenvalue weighted by atomic mass is 16.4. The minimum atomic E-state index is -0.981. The average molecular weight is 289 g/mol. The molecule has 0 bridgehead atoms. The van der Waals surface area contributed by atoms with Crippen LogP contribution in [0.1, 0.15) is 55.5 Å². The summed E-state index contributed by atoms with van der Waals surface area (Å²) in [6.07, 6.45) is 3.83. The molecule has 2 rings (SSSR count). The summed E-state index contributed by atoms with van der Waals surface area (Å²) >= 11 is 0. The van der Waals surface area contributed by atoms with E-state index in [-0.39, 0.29) is 16.9 Å². The number of benzene rings is 1. The lowest BCUT2D eigenvalue weighted by Crippen LogP contribution is -2.43. The first-order valence-electron chi connectivity index (χ1n) is 7.49. The largest absolute Gasteiger partial charge is 0.478 e. The van der Waals surface area contributed by atoms with E-state index in [2.05, 4.69) is 19.2 Å². The van der Waals surface area contributed by atoms with E-state index < -0.39 is 5.97 Å². The van der Waals surface area contributed by atoms with Crippen molar-refractivity contribution in [2.24, 2.45) is 11.3 Å². The number of aryl methyl sites for hydroxylation is 1. The van der Waals surface area contributed by atoms with Crippen molar-refractivity contribution in [3.63, 3.8) is 0 Å². The third-order valence-corrected chi connectivity index (χ3v) is 4.32. The Morgan fingerprint density at radius 3 is 2.48 bits per heavy atom. The van der Waals surface area contributed by atoms with Crippen LogP contribution in [0.25, 0.3) is 0 Å². The summed E-state index contributed by atoms with van der Waals surface area (Å²) in [5.74, 6) is -0.471. The summed E-state index contributed by atoms with van der Waals surface area (Å²) < 4.78 is 0. The van der Waals surface area contributed by atoms with E-state index in [1.807, 2.05) is 6.92 Å². The maximum atomic E-state index is 12.6. The molecule has 1 aromatic carbocycles. The standard InChI is InChI=1S/C17H23NO3/c1-11(2)10-17(7-4-8-17)16(21)18-14-9-13(15(19)20)6-5-12(14)3/h5-6,9,11H,4,7-8,10H2,1-3H3,(H,18,21)(H,19,20). The zero-order valence-corrected chi connectivity index (χ0v) is 12.9. The van der Waals surface area contributed by atoms with Crippen LogP contribution >= 0.6 is 0 Å². The van der Waals surface area contributed by atoms with Crippen molar-refractivity contribution < 1.29 is 14.7 Å². The van der Waals surface area contributed by atoms with Crippen LogP contribution in [0, 0.1) is 18.3 Å². The molecule has 21 heavy (non-hydrogen) atoms. The van der Waals surface area contributed by atoms with Gasteiger partial charge in [0.2, 0.25) is 5.91 Å². The Labute approximate surface area is 125 Å². The molecule has 0 aromatic heterocycles. The number of rotatable bonds is 5. The molecule has 0 heterocycles. The van der Waals surface area contributed by atoms with Crippen LogP contribution in [0.15, 0.2) is 18.2 Å². The second kappa shape index (κ2) is 5.88. The molecule has 4 heteroatoms. The second-order valence-electron chi connectivity index (χ2n) is 6.52. The first-order chi connectivity index (χ1) is 9.84. The molecule has 2 N–H and O–H groups in total. The maximum absolute atomic E-state index is 12.6. The number of hydrogen-bond donors (Lipinski definition) is 2. The van der Waals surface area contributed by atoms with Crippen molar-refractivity contribution >= 4 is 17.6 Å². The van der Waals surface area contributed by atoms with Gasteiger partial charge in [0.1, 0.15) is 0 Å². The lowest BCUT2D eigenvalue weighted by molar-refractivity contribution is -0.131. The predicted octanol–water partition coefficient (Wildman–Crippen LogP) is 3.85. The van der Waals surface area contributed by atoms with E-state index in [9.17, 15) is 9.59 Å². The predicted molar refractivity (Wildman–Crippen MR) is 82.5 cm³/mol. The summed E-state index contributed by atoms with van der Waals surface area (Å²) in [5, 5.41) is 12.0.